The molecule has 0 spiro atoms. The lowest BCUT2D eigenvalue weighted by Crippen LogP contribution is -2.29. The van der Waals surface area contributed by atoms with Crippen LogP contribution in [0.5, 0.6) is 5.75 Å². The molecular formula is C27H27F4NO2. The van der Waals surface area contributed by atoms with Crippen molar-refractivity contribution in [2.45, 2.75) is 44.7 Å². The zero-order valence-corrected chi connectivity index (χ0v) is 18.9. The standard InChI is InChI=1S/C27H27F4NO2/c1-34-23-7-3-5-20(15-23)18-10-8-17(9-11-18)19-4-2-6-21(14-19)26(33)32-25-13-12-22(16-24(25)28)27(29,30)31/h3,5,7-8,10,12-13,15-16,19,21H,2,4,6,9,11,14H2,1H3,(H,32,33). The first kappa shape index (κ1) is 24.0. The van der Waals surface area contributed by atoms with Crippen molar-refractivity contribution in [3.05, 3.63) is 77.1 Å². The Balaban J connectivity index is 1.41. The highest BCUT2D eigenvalue weighted by Crippen LogP contribution is 2.39. The molecule has 0 heterocycles. The molecule has 4 rings (SSSR count). The molecule has 2 aliphatic carbocycles. The highest BCUT2D eigenvalue weighted by Gasteiger charge is 2.32. The first-order valence-electron chi connectivity index (χ1n) is 11.5. The number of halogens is 4. The van der Waals surface area contributed by atoms with Crippen LogP contribution < -0.4 is 10.1 Å². The maximum Gasteiger partial charge on any atom is 0.416 e. The Morgan fingerprint density at radius 2 is 1.88 bits per heavy atom. The summed E-state index contributed by atoms with van der Waals surface area (Å²) in [7, 11) is 1.65. The van der Waals surface area contributed by atoms with Crippen molar-refractivity contribution in [3.8, 4) is 5.75 Å². The molecule has 2 aromatic carbocycles. The molecule has 1 fully saturated rings. The van der Waals surface area contributed by atoms with Crippen LogP contribution in [0, 0.1) is 17.7 Å². The smallest absolute Gasteiger partial charge is 0.416 e. The Morgan fingerprint density at radius 3 is 2.56 bits per heavy atom. The van der Waals surface area contributed by atoms with Gasteiger partial charge in [0.25, 0.3) is 0 Å². The highest BCUT2D eigenvalue weighted by molar-refractivity contribution is 5.92. The van der Waals surface area contributed by atoms with Gasteiger partial charge in [0, 0.05) is 5.92 Å². The van der Waals surface area contributed by atoms with Crippen molar-refractivity contribution >= 4 is 17.2 Å². The zero-order valence-electron chi connectivity index (χ0n) is 18.9. The van der Waals surface area contributed by atoms with Crippen molar-refractivity contribution in [2.75, 3.05) is 12.4 Å². The number of anilines is 1. The van der Waals surface area contributed by atoms with Crippen LogP contribution in [-0.4, -0.2) is 13.0 Å². The molecule has 2 atom stereocenters. The third kappa shape index (κ3) is 5.51. The van der Waals surface area contributed by atoms with Gasteiger partial charge in [-0.05, 0) is 79.5 Å². The van der Waals surface area contributed by atoms with Crippen molar-refractivity contribution in [2.24, 2.45) is 11.8 Å². The van der Waals surface area contributed by atoms with Crippen LogP contribution in [0.4, 0.5) is 23.2 Å². The topological polar surface area (TPSA) is 38.3 Å². The maximum absolute atomic E-state index is 14.2. The first-order valence-corrected chi connectivity index (χ1v) is 11.5. The van der Waals surface area contributed by atoms with E-state index in [1.807, 2.05) is 18.2 Å². The third-order valence-corrected chi connectivity index (χ3v) is 6.75. The van der Waals surface area contributed by atoms with Crippen LogP contribution in [0.15, 0.2) is 60.2 Å². The average Bonchev–Trinajstić information content (AvgIpc) is 2.85. The molecule has 0 aromatic heterocycles. The van der Waals surface area contributed by atoms with Crippen LogP contribution in [0.3, 0.4) is 0 Å². The number of methoxy groups -OCH3 is 1. The van der Waals surface area contributed by atoms with Gasteiger partial charge in [-0.2, -0.15) is 13.2 Å². The number of carbonyl (C=O) groups excluding carboxylic acids is 1. The number of rotatable bonds is 5. The number of carbonyl (C=O) groups is 1. The SMILES string of the molecule is COc1cccc(C2=CC=C(C3CCCC(C(=O)Nc4ccc(C(F)(F)F)cc4F)C3)CC2)c1. The summed E-state index contributed by atoms with van der Waals surface area (Å²) in [6, 6.07) is 10.1. The summed E-state index contributed by atoms with van der Waals surface area (Å²) in [5.74, 6) is -0.637. The summed E-state index contributed by atoms with van der Waals surface area (Å²) >= 11 is 0. The molecule has 0 aliphatic heterocycles. The van der Waals surface area contributed by atoms with Gasteiger partial charge >= 0.3 is 6.18 Å². The molecule has 0 saturated heterocycles. The monoisotopic (exact) mass is 473 g/mol. The van der Waals surface area contributed by atoms with Gasteiger partial charge in [0.05, 0.1) is 18.4 Å². The van der Waals surface area contributed by atoms with E-state index in [0.29, 0.717) is 18.9 Å². The zero-order chi connectivity index (χ0) is 24.3. The van der Waals surface area contributed by atoms with Gasteiger partial charge in [-0.25, -0.2) is 4.39 Å². The predicted molar refractivity (Wildman–Crippen MR) is 124 cm³/mol. The van der Waals surface area contributed by atoms with Crippen molar-refractivity contribution in [3.63, 3.8) is 0 Å². The second-order valence-electron chi connectivity index (χ2n) is 8.91. The number of amides is 1. The maximum atomic E-state index is 14.2. The van der Waals surface area contributed by atoms with E-state index >= 15 is 0 Å². The predicted octanol–water partition coefficient (Wildman–Crippen LogP) is 7.40. The van der Waals surface area contributed by atoms with Crippen LogP contribution in [0.25, 0.3) is 5.57 Å². The molecule has 2 unspecified atom stereocenters. The molecule has 2 aliphatic rings. The van der Waals surface area contributed by atoms with Gasteiger partial charge in [-0.1, -0.05) is 36.3 Å². The Bertz CT molecular complexity index is 1120. The molecule has 180 valence electrons. The summed E-state index contributed by atoms with van der Waals surface area (Å²) in [6.07, 6.45) is 4.68. The average molecular weight is 474 g/mol. The summed E-state index contributed by atoms with van der Waals surface area (Å²) in [4.78, 5) is 12.8. The van der Waals surface area contributed by atoms with Gasteiger partial charge < -0.3 is 10.1 Å². The quantitative estimate of drug-likeness (QED) is 0.460. The van der Waals surface area contributed by atoms with E-state index in [-0.39, 0.29) is 23.4 Å². The van der Waals surface area contributed by atoms with Gasteiger partial charge in [-0.15, -0.1) is 0 Å². The highest BCUT2D eigenvalue weighted by atomic mass is 19.4. The normalized spacial score (nSPS) is 20.9. The minimum atomic E-state index is -4.63. The number of hydrogen-bond acceptors (Lipinski definition) is 2. The lowest BCUT2D eigenvalue weighted by molar-refractivity contribution is -0.137. The minimum absolute atomic E-state index is 0.220. The van der Waals surface area contributed by atoms with Gasteiger partial charge in [0.2, 0.25) is 5.91 Å². The van der Waals surface area contributed by atoms with Crippen molar-refractivity contribution < 1.29 is 27.1 Å². The molecule has 1 saturated carbocycles. The van der Waals surface area contributed by atoms with E-state index < -0.39 is 17.6 Å². The molecule has 0 bridgehead atoms. The van der Waals surface area contributed by atoms with Crippen LogP contribution in [-0.2, 0) is 11.0 Å². The number of alkyl halides is 3. The summed E-state index contributed by atoms with van der Waals surface area (Å²) < 4.78 is 57.8. The molecule has 1 amide bonds. The Hall–Kier alpha value is -3.09. The molecule has 0 radical (unpaired) electrons. The fraction of sp³-hybridized carbons (Fsp3) is 0.370. The summed E-state index contributed by atoms with van der Waals surface area (Å²) in [5.41, 5.74) is 2.39. The lowest BCUT2D eigenvalue weighted by atomic mass is 9.74. The van der Waals surface area contributed by atoms with Gasteiger partial charge in [0.1, 0.15) is 11.6 Å². The summed E-state index contributed by atoms with van der Waals surface area (Å²) in [5, 5.41) is 2.50. The molecule has 34 heavy (non-hydrogen) atoms. The molecule has 1 N–H and O–H groups in total. The largest absolute Gasteiger partial charge is 0.497 e. The van der Waals surface area contributed by atoms with E-state index in [9.17, 15) is 22.4 Å². The Labute approximate surface area is 196 Å². The number of allylic oxidation sites excluding steroid dienone is 4. The number of ether oxygens (including phenoxy) is 1. The molecule has 7 heteroatoms. The van der Waals surface area contributed by atoms with E-state index in [2.05, 4.69) is 23.5 Å². The van der Waals surface area contributed by atoms with Crippen molar-refractivity contribution in [1.29, 1.82) is 0 Å². The fourth-order valence-electron chi connectivity index (χ4n) is 4.85. The molecule has 3 nitrogen and oxygen atoms in total. The molecular weight excluding hydrogens is 446 g/mol. The second kappa shape index (κ2) is 10.0. The van der Waals surface area contributed by atoms with E-state index in [4.69, 9.17) is 4.74 Å². The van der Waals surface area contributed by atoms with Gasteiger partial charge in [0.15, 0.2) is 0 Å². The van der Waals surface area contributed by atoms with Crippen molar-refractivity contribution in [1.82, 2.24) is 0 Å². The van der Waals surface area contributed by atoms with Crippen LogP contribution in [0.1, 0.15) is 49.7 Å². The first-order chi connectivity index (χ1) is 16.2. The molecule has 2 aromatic rings. The fourth-order valence-corrected chi connectivity index (χ4v) is 4.85. The summed E-state index contributed by atoms with van der Waals surface area (Å²) in [6.45, 7) is 0. The van der Waals surface area contributed by atoms with E-state index in [0.717, 1.165) is 49.1 Å². The lowest BCUT2D eigenvalue weighted by Gasteiger charge is -2.31. The van der Waals surface area contributed by atoms with E-state index in [1.54, 1.807) is 7.11 Å². The number of benzene rings is 2. The number of nitrogens with one attached hydrogen (secondary N) is 1. The van der Waals surface area contributed by atoms with Crippen LogP contribution >= 0.6 is 0 Å². The van der Waals surface area contributed by atoms with Crippen LogP contribution in [0.2, 0.25) is 0 Å². The Morgan fingerprint density at radius 1 is 1.06 bits per heavy atom. The number of hydrogen-bond donors (Lipinski definition) is 1. The Kier molecular flexibility index (Phi) is 7.10. The second-order valence-corrected chi connectivity index (χ2v) is 8.91. The third-order valence-electron chi connectivity index (χ3n) is 6.75. The van der Waals surface area contributed by atoms with E-state index in [1.165, 1.54) is 11.1 Å². The minimum Gasteiger partial charge on any atom is -0.497 e. The van der Waals surface area contributed by atoms with Gasteiger partial charge in [-0.3, -0.25) is 4.79 Å².